The minimum atomic E-state index is -1.51. The number of carbonyl (C=O) groups excluding carboxylic acids is 2. The lowest BCUT2D eigenvalue weighted by Gasteiger charge is -2.28. The van der Waals surface area contributed by atoms with E-state index in [-0.39, 0.29) is 46.8 Å². The van der Waals surface area contributed by atoms with Gasteiger partial charge in [-0.15, -0.1) is 11.3 Å². The van der Waals surface area contributed by atoms with Crippen LogP contribution in [0.25, 0.3) is 0 Å². The standard InChI is InChI=1S/C20H23BN6O7S/c22-20-24-13(10-35-20)16(26-33-9-15(28)27-6-4-23-5-7-27)18(29)25-14-8-11-2-1-3-12(19(30)31)17(11)34-21(14)32/h1-3,10,14,23,32H,4-9H2,(H2,22,24)(H,25,29)(H,30,31). The number of carbonyl (C=O) groups is 3. The predicted molar refractivity (Wildman–Crippen MR) is 126 cm³/mol. The van der Waals surface area contributed by atoms with Gasteiger partial charge in [0.15, 0.2) is 17.5 Å². The van der Waals surface area contributed by atoms with Gasteiger partial charge >= 0.3 is 13.1 Å². The van der Waals surface area contributed by atoms with Gasteiger partial charge in [-0.05, 0) is 18.1 Å². The van der Waals surface area contributed by atoms with Crippen molar-refractivity contribution < 1.29 is 34.0 Å². The average Bonchev–Trinajstić information content (AvgIpc) is 3.27. The van der Waals surface area contributed by atoms with Crippen molar-refractivity contribution in [1.29, 1.82) is 0 Å². The number of para-hydroxylation sites is 1. The number of thiazole rings is 1. The minimum absolute atomic E-state index is 0.0499. The number of benzene rings is 1. The molecule has 15 heteroatoms. The third-order valence-electron chi connectivity index (χ3n) is 5.46. The van der Waals surface area contributed by atoms with Crippen molar-refractivity contribution in [3.05, 3.63) is 40.4 Å². The largest absolute Gasteiger partial charge is 0.547 e. The number of piperazine rings is 1. The Labute approximate surface area is 204 Å². The first-order valence-corrected chi connectivity index (χ1v) is 11.6. The summed E-state index contributed by atoms with van der Waals surface area (Å²) in [6.07, 6.45) is 0.109. The van der Waals surface area contributed by atoms with Crippen LogP contribution in [0.15, 0.2) is 28.7 Å². The number of nitrogens with zero attached hydrogens (tertiary/aromatic N) is 3. The second-order valence-corrected chi connectivity index (χ2v) is 8.70. The van der Waals surface area contributed by atoms with Gasteiger partial charge in [0.05, 0.1) is 11.5 Å². The molecule has 1 aromatic heterocycles. The van der Waals surface area contributed by atoms with Crippen LogP contribution < -0.4 is 21.0 Å². The molecule has 0 aliphatic carbocycles. The van der Waals surface area contributed by atoms with Gasteiger partial charge in [-0.1, -0.05) is 17.3 Å². The van der Waals surface area contributed by atoms with Crippen LogP contribution in [0.5, 0.6) is 5.75 Å². The molecule has 1 unspecified atom stereocenters. The van der Waals surface area contributed by atoms with Gasteiger partial charge < -0.3 is 40.9 Å². The van der Waals surface area contributed by atoms with E-state index in [9.17, 15) is 24.5 Å². The fourth-order valence-corrected chi connectivity index (χ4v) is 4.26. The van der Waals surface area contributed by atoms with E-state index >= 15 is 0 Å². The molecule has 0 saturated carbocycles. The fourth-order valence-electron chi connectivity index (χ4n) is 3.71. The SMILES string of the molecule is Nc1nc(C(=NOCC(=O)N2CCNCC2)C(=O)NC2Cc3cccc(C(=O)O)c3OB2O)cs1. The van der Waals surface area contributed by atoms with E-state index in [2.05, 4.69) is 20.8 Å². The molecule has 3 heterocycles. The Morgan fingerprint density at radius 1 is 1.37 bits per heavy atom. The number of rotatable bonds is 7. The molecule has 184 valence electrons. The highest BCUT2D eigenvalue weighted by Gasteiger charge is 2.38. The number of nitrogens with one attached hydrogen (secondary N) is 2. The first-order valence-electron chi connectivity index (χ1n) is 10.7. The molecule has 4 rings (SSSR count). The monoisotopic (exact) mass is 502 g/mol. The molecule has 1 saturated heterocycles. The molecule has 2 aliphatic rings. The molecule has 2 aliphatic heterocycles. The van der Waals surface area contributed by atoms with Gasteiger partial charge in [0, 0.05) is 31.6 Å². The van der Waals surface area contributed by atoms with Gasteiger partial charge in [-0.25, -0.2) is 9.78 Å². The maximum atomic E-state index is 13.1. The molecule has 2 amide bonds. The van der Waals surface area contributed by atoms with Crippen LogP contribution in [0.4, 0.5) is 5.13 Å². The van der Waals surface area contributed by atoms with Gasteiger partial charge in [0.1, 0.15) is 11.4 Å². The van der Waals surface area contributed by atoms with Crippen molar-refractivity contribution >= 4 is 47.1 Å². The maximum absolute atomic E-state index is 13.1. The van der Waals surface area contributed by atoms with E-state index in [1.54, 1.807) is 17.0 Å². The van der Waals surface area contributed by atoms with Crippen molar-refractivity contribution in [3.8, 4) is 5.75 Å². The van der Waals surface area contributed by atoms with E-state index in [0.717, 1.165) is 11.3 Å². The summed E-state index contributed by atoms with van der Waals surface area (Å²) in [6.45, 7) is 2.10. The molecule has 2 aromatic rings. The van der Waals surface area contributed by atoms with Gasteiger partial charge in [-0.2, -0.15) is 0 Å². The molecule has 1 fully saturated rings. The Morgan fingerprint density at radius 3 is 2.83 bits per heavy atom. The Kier molecular flexibility index (Phi) is 7.48. The minimum Gasteiger partial charge on any atom is -0.534 e. The van der Waals surface area contributed by atoms with Crippen LogP contribution in [-0.2, 0) is 20.8 Å². The summed E-state index contributed by atoms with van der Waals surface area (Å²) in [6, 6.07) is 4.56. The highest BCUT2D eigenvalue weighted by molar-refractivity contribution is 7.13. The number of carboxylic acids is 1. The smallest absolute Gasteiger partial charge is 0.534 e. The highest BCUT2D eigenvalue weighted by atomic mass is 32.1. The zero-order valence-corrected chi connectivity index (χ0v) is 19.3. The maximum Gasteiger partial charge on any atom is 0.547 e. The Morgan fingerprint density at radius 2 is 2.14 bits per heavy atom. The average molecular weight is 502 g/mol. The number of amides is 2. The molecule has 1 aromatic carbocycles. The Balaban J connectivity index is 1.47. The number of anilines is 1. The lowest BCUT2D eigenvalue weighted by atomic mass is 9.72. The first kappa shape index (κ1) is 24.4. The molecule has 1 atom stereocenters. The molecular weight excluding hydrogens is 479 g/mol. The zero-order chi connectivity index (χ0) is 24.9. The van der Waals surface area contributed by atoms with Crippen molar-refractivity contribution in [1.82, 2.24) is 20.5 Å². The second-order valence-electron chi connectivity index (χ2n) is 7.81. The topological polar surface area (TPSA) is 189 Å². The summed E-state index contributed by atoms with van der Waals surface area (Å²) >= 11 is 1.09. The number of hydrogen-bond donors (Lipinski definition) is 5. The third-order valence-corrected chi connectivity index (χ3v) is 6.13. The number of nitrogen functional groups attached to an aromatic ring is 1. The highest BCUT2D eigenvalue weighted by Crippen LogP contribution is 2.30. The summed E-state index contributed by atoms with van der Waals surface area (Å²) in [5.41, 5.74) is 6.02. The molecular formula is C20H23BN6O7S. The summed E-state index contributed by atoms with van der Waals surface area (Å²) in [4.78, 5) is 47.7. The molecule has 13 nitrogen and oxygen atoms in total. The summed E-state index contributed by atoms with van der Waals surface area (Å²) in [5, 5.41) is 31.1. The molecule has 0 spiro atoms. The van der Waals surface area contributed by atoms with E-state index in [1.807, 2.05) is 0 Å². The van der Waals surface area contributed by atoms with Crippen LogP contribution in [0, 0.1) is 0 Å². The van der Waals surface area contributed by atoms with E-state index in [4.69, 9.17) is 15.2 Å². The van der Waals surface area contributed by atoms with Crippen LogP contribution in [0.1, 0.15) is 21.6 Å². The number of fused-ring (bicyclic) bond motifs is 1. The lowest BCUT2D eigenvalue weighted by molar-refractivity contribution is -0.136. The number of hydrogen-bond acceptors (Lipinski definition) is 11. The van der Waals surface area contributed by atoms with Crippen molar-refractivity contribution in [2.75, 3.05) is 38.5 Å². The van der Waals surface area contributed by atoms with Crippen molar-refractivity contribution in [2.24, 2.45) is 5.16 Å². The van der Waals surface area contributed by atoms with Crippen LogP contribution >= 0.6 is 11.3 Å². The second kappa shape index (κ2) is 10.7. The summed E-state index contributed by atoms with van der Waals surface area (Å²) in [5.74, 6) is -3.07. The molecule has 35 heavy (non-hydrogen) atoms. The van der Waals surface area contributed by atoms with Gasteiger partial charge in [0.25, 0.3) is 11.8 Å². The van der Waals surface area contributed by atoms with E-state index in [0.29, 0.717) is 31.7 Å². The van der Waals surface area contributed by atoms with Crippen molar-refractivity contribution in [3.63, 3.8) is 0 Å². The summed E-state index contributed by atoms with van der Waals surface area (Å²) < 4.78 is 5.41. The van der Waals surface area contributed by atoms with Crippen molar-refractivity contribution in [2.45, 2.75) is 12.4 Å². The van der Waals surface area contributed by atoms with Crippen LogP contribution in [0.2, 0.25) is 0 Å². The molecule has 6 N–H and O–H groups in total. The number of aromatic nitrogens is 1. The Bertz CT molecular complexity index is 1150. The number of aromatic carboxylic acids is 1. The summed E-state index contributed by atoms with van der Waals surface area (Å²) in [7, 11) is -1.51. The molecule has 0 bridgehead atoms. The Hall–Kier alpha value is -3.69. The van der Waals surface area contributed by atoms with E-state index < -0.39 is 24.9 Å². The van der Waals surface area contributed by atoms with Crippen LogP contribution in [0.3, 0.4) is 0 Å². The molecule has 0 radical (unpaired) electrons. The number of nitrogens with two attached hydrogens (primary N) is 1. The number of oxime groups is 1. The first-order chi connectivity index (χ1) is 16.8. The van der Waals surface area contributed by atoms with Crippen LogP contribution in [-0.4, -0.2) is 89.4 Å². The lowest BCUT2D eigenvalue weighted by Crippen LogP contribution is -2.54. The van der Waals surface area contributed by atoms with E-state index in [1.165, 1.54) is 11.4 Å². The fraction of sp³-hybridized carbons (Fsp3) is 0.350. The predicted octanol–water partition coefficient (Wildman–Crippen LogP) is -1.28. The van der Waals surface area contributed by atoms with Gasteiger partial charge in [-0.3, -0.25) is 9.59 Å². The normalized spacial score (nSPS) is 17.9. The number of carboxylic acid groups (broad SMARTS) is 1. The zero-order valence-electron chi connectivity index (χ0n) is 18.5. The quantitative estimate of drug-likeness (QED) is 0.173. The third kappa shape index (κ3) is 5.70. The van der Waals surface area contributed by atoms with Gasteiger partial charge in [0.2, 0.25) is 0 Å².